The van der Waals surface area contributed by atoms with Crippen molar-refractivity contribution in [3.63, 3.8) is 0 Å². The number of rotatable bonds is 7. The van der Waals surface area contributed by atoms with E-state index < -0.39 is 0 Å². The Balaban J connectivity index is 1.92. The van der Waals surface area contributed by atoms with Gasteiger partial charge in [-0.25, -0.2) is 0 Å². The molecule has 0 radical (unpaired) electrons. The summed E-state index contributed by atoms with van der Waals surface area (Å²) in [6.45, 7) is 2.91. The number of likely N-dealkylation sites (tertiary alicyclic amines) is 1. The highest BCUT2D eigenvalue weighted by Gasteiger charge is 2.42. The molecule has 0 saturated carbocycles. The Morgan fingerprint density at radius 3 is 2.41 bits per heavy atom. The molecular weight excluding hydrogens is 342 g/mol. The van der Waals surface area contributed by atoms with Gasteiger partial charge >= 0.3 is 0 Å². The van der Waals surface area contributed by atoms with Crippen LogP contribution in [0.2, 0.25) is 0 Å². The number of hydrogen-bond acceptors (Lipinski definition) is 5. The highest BCUT2D eigenvalue weighted by Crippen LogP contribution is 2.33. The Kier molecular flexibility index (Phi) is 6.29. The summed E-state index contributed by atoms with van der Waals surface area (Å²) in [4.78, 5) is 32.1. The molecule has 0 bridgehead atoms. The van der Waals surface area contributed by atoms with E-state index in [9.17, 15) is 9.59 Å². The Hall–Kier alpha value is -2.18. The Bertz CT molecular complexity index is 709. The number of piperidine rings is 1. The lowest BCUT2D eigenvalue weighted by molar-refractivity contribution is -0.137. The zero-order chi connectivity index (χ0) is 19.4. The van der Waals surface area contributed by atoms with E-state index in [1.165, 1.54) is 4.90 Å². The van der Waals surface area contributed by atoms with Gasteiger partial charge in [0.05, 0.1) is 5.57 Å². The summed E-state index contributed by atoms with van der Waals surface area (Å²) in [7, 11) is 5.70. The fourth-order valence-electron chi connectivity index (χ4n) is 3.89. The first-order chi connectivity index (χ1) is 13.0. The van der Waals surface area contributed by atoms with Gasteiger partial charge in [0.25, 0.3) is 11.8 Å². The SMILES string of the molecule is COCCCN1C(=O)C(c2ccccc2)=C(N(C)C2CCN(C)CC2)C1=O. The standard InChI is InChI=1S/C21H29N3O3/c1-22-13-10-17(11-14-22)23(2)19-18(16-8-5-4-6-9-16)20(25)24(21(19)26)12-7-15-27-3/h4-6,8-9,17H,7,10-15H2,1-3H3. The van der Waals surface area contributed by atoms with Crippen molar-refractivity contribution in [2.75, 3.05) is 47.4 Å². The summed E-state index contributed by atoms with van der Waals surface area (Å²) in [5.74, 6) is -0.381. The second kappa shape index (κ2) is 8.67. The molecule has 6 heteroatoms. The van der Waals surface area contributed by atoms with Crippen molar-refractivity contribution in [1.29, 1.82) is 0 Å². The molecule has 1 aromatic rings. The average molecular weight is 371 g/mol. The molecule has 2 heterocycles. The third-order valence-corrected chi connectivity index (χ3v) is 5.52. The quantitative estimate of drug-likeness (QED) is 0.541. The molecule has 1 fully saturated rings. The van der Waals surface area contributed by atoms with E-state index in [4.69, 9.17) is 4.74 Å². The zero-order valence-electron chi connectivity index (χ0n) is 16.5. The van der Waals surface area contributed by atoms with Gasteiger partial charge in [-0.1, -0.05) is 30.3 Å². The van der Waals surface area contributed by atoms with Gasteiger partial charge in [0.15, 0.2) is 0 Å². The van der Waals surface area contributed by atoms with Crippen LogP contribution >= 0.6 is 0 Å². The van der Waals surface area contributed by atoms with Crippen LogP contribution in [-0.4, -0.2) is 80.0 Å². The van der Waals surface area contributed by atoms with Crippen molar-refractivity contribution < 1.29 is 14.3 Å². The van der Waals surface area contributed by atoms with Crippen LogP contribution < -0.4 is 0 Å². The van der Waals surface area contributed by atoms with Gasteiger partial charge < -0.3 is 14.5 Å². The monoisotopic (exact) mass is 371 g/mol. The van der Waals surface area contributed by atoms with Crippen LogP contribution in [-0.2, 0) is 14.3 Å². The van der Waals surface area contributed by atoms with Gasteiger partial charge in [-0.15, -0.1) is 0 Å². The molecule has 1 saturated heterocycles. The molecule has 2 amide bonds. The van der Waals surface area contributed by atoms with Crippen molar-refractivity contribution in [3.8, 4) is 0 Å². The van der Waals surface area contributed by atoms with E-state index in [1.807, 2.05) is 42.3 Å². The van der Waals surface area contributed by atoms with Crippen molar-refractivity contribution in [3.05, 3.63) is 41.6 Å². The first-order valence-corrected chi connectivity index (χ1v) is 9.60. The van der Waals surface area contributed by atoms with Gasteiger partial charge in [-0.2, -0.15) is 0 Å². The summed E-state index contributed by atoms with van der Waals surface area (Å²) in [5, 5.41) is 0. The topological polar surface area (TPSA) is 53.1 Å². The molecule has 0 spiro atoms. The lowest BCUT2D eigenvalue weighted by atomic mass is 10.0. The molecule has 146 valence electrons. The molecule has 3 rings (SSSR count). The van der Waals surface area contributed by atoms with Crippen molar-refractivity contribution in [2.24, 2.45) is 0 Å². The van der Waals surface area contributed by atoms with Crippen LogP contribution in [0.3, 0.4) is 0 Å². The molecule has 0 N–H and O–H groups in total. The molecule has 27 heavy (non-hydrogen) atoms. The Morgan fingerprint density at radius 1 is 1.11 bits per heavy atom. The van der Waals surface area contributed by atoms with E-state index >= 15 is 0 Å². The lowest BCUT2D eigenvalue weighted by Gasteiger charge is -2.36. The minimum absolute atomic E-state index is 0.184. The number of methoxy groups -OCH3 is 1. The minimum atomic E-state index is -0.197. The number of amides is 2. The highest BCUT2D eigenvalue weighted by atomic mass is 16.5. The van der Waals surface area contributed by atoms with Crippen LogP contribution in [0.5, 0.6) is 0 Å². The number of benzene rings is 1. The van der Waals surface area contributed by atoms with Gasteiger partial charge in [-0.3, -0.25) is 14.5 Å². The Labute approximate surface area is 161 Å². The Morgan fingerprint density at radius 2 is 1.78 bits per heavy atom. The van der Waals surface area contributed by atoms with Gasteiger partial charge in [0, 0.05) is 33.4 Å². The number of hydrogen-bond donors (Lipinski definition) is 0. The predicted octanol–water partition coefficient (Wildman–Crippen LogP) is 1.83. The van der Waals surface area contributed by atoms with Gasteiger partial charge in [0.2, 0.25) is 0 Å². The second-order valence-corrected chi connectivity index (χ2v) is 7.34. The molecule has 6 nitrogen and oxygen atoms in total. The summed E-state index contributed by atoms with van der Waals surface area (Å²) < 4.78 is 5.09. The van der Waals surface area contributed by atoms with Crippen LogP contribution in [0, 0.1) is 0 Å². The smallest absolute Gasteiger partial charge is 0.277 e. The molecule has 0 aliphatic carbocycles. The summed E-state index contributed by atoms with van der Waals surface area (Å²) in [6.07, 6.45) is 2.62. The number of likely N-dealkylation sites (N-methyl/N-ethyl adjacent to an activating group) is 1. The first kappa shape index (κ1) is 19.6. The third kappa shape index (κ3) is 4.06. The van der Waals surface area contributed by atoms with Crippen LogP contribution in [0.25, 0.3) is 5.57 Å². The summed E-state index contributed by atoms with van der Waals surface area (Å²) >= 11 is 0. The maximum absolute atomic E-state index is 13.2. The molecular formula is C21H29N3O3. The minimum Gasteiger partial charge on any atom is -0.385 e. The largest absolute Gasteiger partial charge is 0.385 e. The predicted molar refractivity (Wildman–Crippen MR) is 105 cm³/mol. The fraction of sp³-hybridized carbons (Fsp3) is 0.524. The molecule has 1 aromatic carbocycles. The number of ether oxygens (including phenoxy) is 1. The summed E-state index contributed by atoms with van der Waals surface area (Å²) in [6, 6.07) is 9.80. The average Bonchev–Trinajstić information content (AvgIpc) is 2.93. The van der Waals surface area contributed by atoms with E-state index in [2.05, 4.69) is 11.9 Å². The van der Waals surface area contributed by atoms with Crippen molar-refractivity contribution >= 4 is 17.4 Å². The van der Waals surface area contributed by atoms with Crippen molar-refractivity contribution in [2.45, 2.75) is 25.3 Å². The second-order valence-electron chi connectivity index (χ2n) is 7.34. The maximum atomic E-state index is 13.2. The normalized spacial score (nSPS) is 19.3. The van der Waals surface area contributed by atoms with Crippen LogP contribution in [0.4, 0.5) is 0 Å². The van der Waals surface area contributed by atoms with E-state index in [-0.39, 0.29) is 17.9 Å². The molecule has 0 atom stereocenters. The number of imide groups is 1. The van der Waals surface area contributed by atoms with Crippen LogP contribution in [0.1, 0.15) is 24.8 Å². The van der Waals surface area contributed by atoms with E-state index in [0.29, 0.717) is 30.8 Å². The highest BCUT2D eigenvalue weighted by molar-refractivity contribution is 6.35. The van der Waals surface area contributed by atoms with E-state index in [1.54, 1.807) is 7.11 Å². The van der Waals surface area contributed by atoms with Gasteiger partial charge in [0.1, 0.15) is 5.70 Å². The molecule has 0 aromatic heterocycles. The van der Waals surface area contributed by atoms with Crippen LogP contribution in [0.15, 0.2) is 36.0 Å². The molecule has 0 unspecified atom stereocenters. The molecule has 2 aliphatic heterocycles. The van der Waals surface area contributed by atoms with Crippen molar-refractivity contribution in [1.82, 2.24) is 14.7 Å². The number of carbonyl (C=O) groups is 2. The fourth-order valence-corrected chi connectivity index (χ4v) is 3.89. The summed E-state index contributed by atoms with van der Waals surface area (Å²) in [5.41, 5.74) is 1.87. The zero-order valence-corrected chi connectivity index (χ0v) is 16.5. The van der Waals surface area contributed by atoms with E-state index in [0.717, 1.165) is 31.5 Å². The number of nitrogens with zero attached hydrogens (tertiary/aromatic N) is 3. The van der Waals surface area contributed by atoms with Gasteiger partial charge in [-0.05, 0) is 45.0 Å². The maximum Gasteiger partial charge on any atom is 0.277 e. The number of carbonyl (C=O) groups excluding carboxylic acids is 2. The first-order valence-electron chi connectivity index (χ1n) is 9.60. The third-order valence-electron chi connectivity index (χ3n) is 5.52. The lowest BCUT2D eigenvalue weighted by Crippen LogP contribution is -2.43. The molecule has 2 aliphatic rings.